The summed E-state index contributed by atoms with van der Waals surface area (Å²) in [6.07, 6.45) is 0. The van der Waals surface area contributed by atoms with Crippen molar-refractivity contribution in [1.29, 1.82) is 0 Å². The lowest BCUT2D eigenvalue weighted by Gasteiger charge is -2.27. The Kier molecular flexibility index (Phi) is 8.95. The summed E-state index contributed by atoms with van der Waals surface area (Å²) in [7, 11) is 0. The Morgan fingerprint density at radius 2 is 1.07 bits per heavy atom. The molecule has 55 heavy (non-hydrogen) atoms. The van der Waals surface area contributed by atoms with Crippen molar-refractivity contribution in [2.45, 2.75) is 13.1 Å². The largest absolute Gasteiger partial charge is 0.478 e. The minimum absolute atomic E-state index is 0.0246. The van der Waals surface area contributed by atoms with Crippen molar-refractivity contribution in [2.24, 2.45) is 0 Å². The highest BCUT2D eigenvalue weighted by Gasteiger charge is 2.22. The van der Waals surface area contributed by atoms with Gasteiger partial charge in [0, 0.05) is 18.7 Å². The molecule has 5 N–H and O–H groups in total. The summed E-state index contributed by atoms with van der Waals surface area (Å²) in [5.41, 5.74) is 16.1. The summed E-state index contributed by atoms with van der Waals surface area (Å²) in [6.45, 7) is 2.33. The predicted octanol–water partition coefficient (Wildman–Crippen LogP) is 2.52. The van der Waals surface area contributed by atoms with E-state index in [1.807, 2.05) is 30.3 Å². The molecule has 276 valence electrons. The molecule has 8 aromatic rings. The zero-order valence-electron chi connectivity index (χ0n) is 29.1. The Hall–Kier alpha value is -7.40. The van der Waals surface area contributed by atoms with E-state index in [-0.39, 0.29) is 47.5 Å². The van der Waals surface area contributed by atoms with Gasteiger partial charge in [0.25, 0.3) is 5.91 Å². The van der Waals surface area contributed by atoms with E-state index in [2.05, 4.69) is 20.2 Å². The Morgan fingerprint density at radius 1 is 0.636 bits per heavy atom. The fraction of sp³-hybridized carbons (Fsp3) is 0.158. The summed E-state index contributed by atoms with van der Waals surface area (Å²) in [4.78, 5) is 60.7. The van der Waals surface area contributed by atoms with Gasteiger partial charge in [-0.1, -0.05) is 60.7 Å². The van der Waals surface area contributed by atoms with Crippen molar-refractivity contribution in [1.82, 2.24) is 43.2 Å². The monoisotopic (exact) mass is 739 g/mol. The molecule has 1 saturated heterocycles. The number of nitrogens with zero attached hydrogens (tertiary/aromatic N) is 9. The third kappa shape index (κ3) is 6.37. The minimum Gasteiger partial charge on any atom is -0.478 e. The first kappa shape index (κ1) is 34.7. The van der Waals surface area contributed by atoms with Crippen LogP contribution in [0, 0.1) is 0 Å². The average molecular weight is 740 g/mol. The Balaban J connectivity index is 0.000000158. The maximum Gasteiger partial charge on any atom is 0.351 e. The van der Waals surface area contributed by atoms with Crippen LogP contribution in [-0.2, 0) is 17.8 Å². The van der Waals surface area contributed by atoms with Gasteiger partial charge >= 0.3 is 17.3 Å². The Bertz CT molecular complexity index is 2910. The zero-order chi connectivity index (χ0) is 38.2. The summed E-state index contributed by atoms with van der Waals surface area (Å²) in [5.74, 6) is -0.806. The van der Waals surface area contributed by atoms with Gasteiger partial charge in [0.1, 0.15) is 0 Å². The highest BCUT2D eigenvalue weighted by atomic mass is 16.5. The summed E-state index contributed by atoms with van der Waals surface area (Å²) in [6, 6.07) is 28.2. The van der Waals surface area contributed by atoms with E-state index < -0.39 is 11.7 Å². The number of carbonyl (C=O) groups is 2. The normalized spacial score (nSPS) is 13.0. The first-order valence-corrected chi connectivity index (χ1v) is 17.2. The molecule has 17 nitrogen and oxygen atoms in total. The van der Waals surface area contributed by atoms with Crippen LogP contribution in [0.2, 0.25) is 0 Å². The number of amides is 1. The van der Waals surface area contributed by atoms with Crippen molar-refractivity contribution < 1.29 is 19.4 Å². The first-order valence-electron chi connectivity index (χ1n) is 17.2. The summed E-state index contributed by atoms with van der Waals surface area (Å²) < 4.78 is 10.7. The minimum atomic E-state index is -1.06. The van der Waals surface area contributed by atoms with Crippen molar-refractivity contribution in [2.75, 3.05) is 37.8 Å². The van der Waals surface area contributed by atoms with Crippen molar-refractivity contribution in [3.63, 3.8) is 0 Å². The van der Waals surface area contributed by atoms with Gasteiger partial charge in [-0.25, -0.2) is 42.5 Å². The molecule has 4 aromatic carbocycles. The number of aromatic nitrogens is 8. The number of benzene rings is 4. The number of ether oxygens (including phenoxy) is 1. The first-order chi connectivity index (χ1) is 26.7. The van der Waals surface area contributed by atoms with E-state index in [4.69, 9.17) is 16.2 Å². The smallest absolute Gasteiger partial charge is 0.351 e. The van der Waals surface area contributed by atoms with Crippen LogP contribution in [0.15, 0.2) is 107 Å². The number of hydrogen-bond acceptors (Lipinski definition) is 11. The highest BCUT2D eigenvalue weighted by molar-refractivity contribution is 5.96. The van der Waals surface area contributed by atoms with Crippen LogP contribution in [0.25, 0.3) is 33.4 Å². The molecule has 1 fully saturated rings. The summed E-state index contributed by atoms with van der Waals surface area (Å²) in [5, 5.41) is 17.9. The number of nitrogen functional groups attached to an aromatic ring is 2. The lowest BCUT2D eigenvalue weighted by Crippen LogP contribution is -2.41. The molecule has 4 aromatic heterocycles. The van der Waals surface area contributed by atoms with E-state index in [0.29, 0.717) is 65.1 Å². The summed E-state index contributed by atoms with van der Waals surface area (Å²) >= 11 is 0. The van der Waals surface area contributed by atoms with Crippen LogP contribution in [0.4, 0.5) is 11.6 Å². The highest BCUT2D eigenvalue weighted by Crippen LogP contribution is 2.20. The van der Waals surface area contributed by atoms with Crippen LogP contribution >= 0.6 is 0 Å². The Morgan fingerprint density at radius 3 is 1.58 bits per heavy atom. The van der Waals surface area contributed by atoms with E-state index >= 15 is 0 Å². The van der Waals surface area contributed by atoms with Crippen molar-refractivity contribution in [3.05, 3.63) is 140 Å². The average Bonchev–Trinajstić information content (AvgIpc) is 3.72. The molecule has 0 bridgehead atoms. The van der Waals surface area contributed by atoms with Crippen molar-refractivity contribution in [3.8, 4) is 0 Å². The number of fused-ring (bicyclic) bond motifs is 6. The van der Waals surface area contributed by atoms with Gasteiger partial charge < -0.3 is 26.2 Å². The number of aromatic carboxylic acids is 1. The SMILES string of the molecule is Nc1nc2ccccc2n2c(=O)n(Cc3ccccc3C(=O)N3CCOCC3)nc12.Nc1nc2ccccc2n2c(=O)n(Cc3ccccc3C(=O)O)nc12. The van der Waals surface area contributed by atoms with Crippen molar-refractivity contribution >= 4 is 56.9 Å². The number of carboxylic acid groups (broad SMARTS) is 1. The Labute approximate surface area is 310 Å². The van der Waals surface area contributed by atoms with Gasteiger partial charge in [0.15, 0.2) is 11.6 Å². The lowest BCUT2D eigenvalue weighted by molar-refractivity contribution is 0.0302. The molecule has 5 heterocycles. The second-order valence-electron chi connectivity index (χ2n) is 12.7. The van der Waals surface area contributed by atoms with Gasteiger partial charge in [-0.15, -0.1) is 10.2 Å². The second kappa shape index (κ2) is 14.2. The third-order valence-corrected chi connectivity index (χ3v) is 9.30. The second-order valence-corrected chi connectivity index (χ2v) is 12.7. The molecule has 0 unspecified atom stereocenters. The molecule has 1 aliphatic rings. The fourth-order valence-corrected chi connectivity index (χ4v) is 6.64. The third-order valence-electron chi connectivity index (χ3n) is 9.30. The molecule has 17 heteroatoms. The maximum absolute atomic E-state index is 13.2. The molecule has 0 atom stereocenters. The van der Waals surface area contributed by atoms with Gasteiger partial charge in [-0.05, 0) is 47.5 Å². The maximum atomic E-state index is 13.2. The predicted molar refractivity (Wildman–Crippen MR) is 203 cm³/mol. The molecular weight excluding hydrogens is 706 g/mol. The molecule has 0 aliphatic carbocycles. The number of hydrogen-bond donors (Lipinski definition) is 3. The number of para-hydroxylation sites is 4. The zero-order valence-corrected chi connectivity index (χ0v) is 29.1. The molecular formula is C38H33N11O6. The molecule has 1 amide bonds. The van der Waals surface area contributed by atoms with Gasteiger partial charge in [-0.2, -0.15) is 0 Å². The van der Waals surface area contributed by atoms with Gasteiger partial charge in [0.05, 0.1) is 53.9 Å². The van der Waals surface area contributed by atoms with Crippen LogP contribution in [0.1, 0.15) is 31.8 Å². The van der Waals surface area contributed by atoms with E-state index in [0.717, 1.165) is 5.56 Å². The van der Waals surface area contributed by atoms with Crippen LogP contribution in [0.3, 0.4) is 0 Å². The van der Waals surface area contributed by atoms with Gasteiger partial charge in [0.2, 0.25) is 11.3 Å². The number of morpholine rings is 1. The van der Waals surface area contributed by atoms with Crippen LogP contribution in [0.5, 0.6) is 0 Å². The number of carbonyl (C=O) groups excluding carboxylic acids is 1. The standard InChI is InChI=1S/C21H20N6O3.C17H13N5O3/c22-18-19-24-26(21(29)27(19)17-8-4-3-7-16(17)23-18)13-14-5-1-2-6-15(14)20(28)25-9-11-30-12-10-25;18-14-15-20-21(9-10-5-1-2-6-11(10)16(23)24)17(25)22(15)13-8-4-3-7-12(13)19-14/h1-8H,9-13H2,(H2,22,23);1-8H,9H2,(H2,18,19)(H,23,24). The van der Waals surface area contributed by atoms with E-state index in [1.54, 1.807) is 65.6 Å². The van der Waals surface area contributed by atoms with E-state index in [1.165, 1.54) is 24.2 Å². The van der Waals surface area contributed by atoms with Gasteiger partial charge in [-0.3, -0.25) is 4.79 Å². The van der Waals surface area contributed by atoms with E-state index in [9.17, 15) is 24.3 Å². The molecule has 9 rings (SSSR count). The van der Waals surface area contributed by atoms with Crippen LogP contribution < -0.4 is 22.8 Å². The number of rotatable bonds is 6. The molecule has 0 radical (unpaired) electrons. The quantitative estimate of drug-likeness (QED) is 0.224. The number of nitrogens with two attached hydrogens (primary N) is 2. The molecule has 0 spiro atoms. The number of carboxylic acids is 1. The molecule has 1 aliphatic heterocycles. The lowest BCUT2D eigenvalue weighted by atomic mass is 10.1. The topological polar surface area (TPSA) is 223 Å². The van der Waals surface area contributed by atoms with Crippen LogP contribution in [-0.4, -0.2) is 86.5 Å². The fourth-order valence-electron chi connectivity index (χ4n) is 6.64. The molecule has 0 saturated carbocycles. The number of anilines is 2.